The normalized spacial score (nSPS) is 14.8. The van der Waals surface area contributed by atoms with E-state index in [1.165, 1.54) is 18.4 Å². The lowest BCUT2D eigenvalue weighted by molar-refractivity contribution is 0.415. The lowest BCUT2D eigenvalue weighted by Crippen LogP contribution is -2.29. The van der Waals surface area contributed by atoms with Gasteiger partial charge in [-0.05, 0) is 43.5 Å². The number of hydrogen-bond donors (Lipinski definition) is 2. The second-order valence-electron chi connectivity index (χ2n) is 4.70. The predicted octanol–water partition coefficient (Wildman–Crippen LogP) is 2.23. The third-order valence-corrected chi connectivity index (χ3v) is 3.41. The van der Waals surface area contributed by atoms with E-state index in [1.54, 1.807) is 7.11 Å². The molecule has 1 fully saturated rings. The van der Waals surface area contributed by atoms with Crippen molar-refractivity contribution in [2.45, 2.75) is 25.3 Å². The second-order valence-corrected chi connectivity index (χ2v) is 5.10. The minimum Gasteiger partial charge on any atom is -0.495 e. The van der Waals surface area contributed by atoms with Crippen LogP contribution in [0.4, 0.5) is 0 Å². The quantitative estimate of drug-likeness (QED) is 0.710. The zero-order valence-corrected chi connectivity index (χ0v) is 11.6. The van der Waals surface area contributed by atoms with Crippen molar-refractivity contribution >= 4 is 11.6 Å². The molecule has 1 aromatic carbocycles. The molecule has 0 unspecified atom stereocenters. The number of ether oxygens (including phenoxy) is 1. The van der Waals surface area contributed by atoms with Crippen molar-refractivity contribution in [3.63, 3.8) is 0 Å². The molecule has 1 aromatic rings. The molecule has 3 nitrogen and oxygen atoms in total. The van der Waals surface area contributed by atoms with Gasteiger partial charge in [-0.2, -0.15) is 0 Å². The van der Waals surface area contributed by atoms with Crippen LogP contribution in [0.1, 0.15) is 18.4 Å². The second kappa shape index (κ2) is 6.98. The van der Waals surface area contributed by atoms with Gasteiger partial charge in [0, 0.05) is 19.1 Å². The fourth-order valence-electron chi connectivity index (χ4n) is 1.88. The van der Waals surface area contributed by atoms with Crippen LogP contribution < -0.4 is 15.4 Å². The Kier molecular flexibility index (Phi) is 5.29. The summed E-state index contributed by atoms with van der Waals surface area (Å²) in [6, 6.07) is 6.76. The first-order valence-electron chi connectivity index (χ1n) is 6.56. The topological polar surface area (TPSA) is 33.3 Å². The Bertz CT molecular complexity index is 380. The van der Waals surface area contributed by atoms with Crippen molar-refractivity contribution < 1.29 is 4.74 Å². The summed E-state index contributed by atoms with van der Waals surface area (Å²) in [5.74, 6) is 0.738. The first-order valence-corrected chi connectivity index (χ1v) is 6.94. The first kappa shape index (κ1) is 13.7. The molecule has 0 atom stereocenters. The minimum atomic E-state index is 0.686. The highest BCUT2D eigenvalue weighted by Gasteiger charge is 2.19. The van der Waals surface area contributed by atoms with Crippen LogP contribution >= 0.6 is 11.6 Å². The molecule has 1 saturated carbocycles. The summed E-state index contributed by atoms with van der Waals surface area (Å²) in [5.41, 5.74) is 1.24. The highest BCUT2D eigenvalue weighted by atomic mass is 35.5. The summed E-state index contributed by atoms with van der Waals surface area (Å²) in [5, 5.41) is 7.59. The van der Waals surface area contributed by atoms with Crippen LogP contribution in [0.15, 0.2) is 18.2 Å². The molecule has 0 aliphatic heterocycles. The van der Waals surface area contributed by atoms with Gasteiger partial charge in [-0.3, -0.25) is 0 Å². The van der Waals surface area contributed by atoms with E-state index in [9.17, 15) is 0 Å². The Morgan fingerprint density at radius 1 is 1.28 bits per heavy atom. The number of halogens is 1. The van der Waals surface area contributed by atoms with E-state index in [-0.39, 0.29) is 0 Å². The zero-order chi connectivity index (χ0) is 12.8. The Hall–Kier alpha value is -0.770. The van der Waals surface area contributed by atoms with Crippen LogP contribution in [0.3, 0.4) is 0 Å². The summed E-state index contributed by atoms with van der Waals surface area (Å²) in [4.78, 5) is 0. The fraction of sp³-hybridized carbons (Fsp3) is 0.571. The fourth-order valence-corrected chi connectivity index (χ4v) is 2.16. The van der Waals surface area contributed by atoms with E-state index >= 15 is 0 Å². The Morgan fingerprint density at radius 3 is 2.78 bits per heavy atom. The average Bonchev–Trinajstić information content (AvgIpc) is 3.18. The molecule has 0 aromatic heterocycles. The third kappa shape index (κ3) is 4.48. The van der Waals surface area contributed by atoms with Crippen LogP contribution in [0, 0.1) is 0 Å². The summed E-state index contributed by atoms with van der Waals surface area (Å²) in [6.07, 6.45) is 3.70. The maximum atomic E-state index is 6.08. The van der Waals surface area contributed by atoms with Crippen molar-refractivity contribution in [1.82, 2.24) is 10.6 Å². The van der Waals surface area contributed by atoms with Crippen molar-refractivity contribution in [2.24, 2.45) is 0 Å². The van der Waals surface area contributed by atoms with Gasteiger partial charge < -0.3 is 15.4 Å². The molecule has 0 bridgehead atoms. The number of methoxy groups -OCH3 is 1. The van der Waals surface area contributed by atoms with Gasteiger partial charge in [-0.25, -0.2) is 0 Å². The van der Waals surface area contributed by atoms with Gasteiger partial charge in [0.2, 0.25) is 0 Å². The molecular weight excluding hydrogens is 248 g/mol. The standard InChI is InChI=1S/C14H21ClN2O/c1-18-14-5-2-11(10-13(14)15)6-7-16-8-9-17-12-3-4-12/h2,5,10,12,16-17H,3-4,6-9H2,1H3. The maximum Gasteiger partial charge on any atom is 0.137 e. The van der Waals surface area contributed by atoms with E-state index in [0.29, 0.717) is 5.02 Å². The molecule has 2 rings (SSSR count). The molecule has 4 heteroatoms. The molecule has 18 heavy (non-hydrogen) atoms. The van der Waals surface area contributed by atoms with Gasteiger partial charge in [0.15, 0.2) is 0 Å². The predicted molar refractivity (Wildman–Crippen MR) is 75.6 cm³/mol. The molecule has 1 aliphatic rings. The lowest BCUT2D eigenvalue weighted by atomic mass is 10.1. The van der Waals surface area contributed by atoms with Gasteiger partial charge in [0.1, 0.15) is 5.75 Å². The molecule has 1 aliphatic carbocycles. The van der Waals surface area contributed by atoms with Crippen molar-refractivity contribution in [2.75, 3.05) is 26.7 Å². The lowest BCUT2D eigenvalue weighted by Gasteiger charge is -2.08. The maximum absolute atomic E-state index is 6.08. The monoisotopic (exact) mass is 268 g/mol. The number of nitrogens with one attached hydrogen (secondary N) is 2. The average molecular weight is 269 g/mol. The highest BCUT2D eigenvalue weighted by molar-refractivity contribution is 6.32. The van der Waals surface area contributed by atoms with Crippen LogP contribution in [0.2, 0.25) is 5.02 Å². The molecule has 0 saturated heterocycles. The van der Waals surface area contributed by atoms with E-state index in [0.717, 1.165) is 37.8 Å². The first-order chi connectivity index (χ1) is 8.79. The largest absolute Gasteiger partial charge is 0.495 e. The summed E-state index contributed by atoms with van der Waals surface area (Å²) < 4.78 is 5.13. The molecule has 0 heterocycles. The Labute approximate surface area is 114 Å². The molecular formula is C14H21ClN2O. The number of benzene rings is 1. The van der Waals surface area contributed by atoms with Gasteiger partial charge in [0.05, 0.1) is 12.1 Å². The van der Waals surface area contributed by atoms with Gasteiger partial charge in [-0.15, -0.1) is 0 Å². The van der Waals surface area contributed by atoms with Crippen molar-refractivity contribution in [3.05, 3.63) is 28.8 Å². The number of hydrogen-bond acceptors (Lipinski definition) is 3. The van der Waals surface area contributed by atoms with Crippen LogP contribution in [-0.4, -0.2) is 32.8 Å². The molecule has 100 valence electrons. The van der Waals surface area contributed by atoms with Crippen LogP contribution in [0.25, 0.3) is 0 Å². The molecule has 0 amide bonds. The summed E-state index contributed by atoms with van der Waals surface area (Å²) in [6.45, 7) is 3.07. The van der Waals surface area contributed by atoms with Crippen molar-refractivity contribution in [3.8, 4) is 5.75 Å². The number of rotatable bonds is 8. The van der Waals surface area contributed by atoms with Gasteiger partial charge in [-0.1, -0.05) is 17.7 Å². The third-order valence-electron chi connectivity index (χ3n) is 3.12. The van der Waals surface area contributed by atoms with Gasteiger partial charge in [0.25, 0.3) is 0 Å². The smallest absolute Gasteiger partial charge is 0.137 e. The van der Waals surface area contributed by atoms with Gasteiger partial charge >= 0.3 is 0 Å². The molecule has 2 N–H and O–H groups in total. The summed E-state index contributed by atoms with van der Waals surface area (Å²) >= 11 is 6.08. The summed E-state index contributed by atoms with van der Waals surface area (Å²) in [7, 11) is 1.63. The van der Waals surface area contributed by atoms with Crippen LogP contribution in [-0.2, 0) is 6.42 Å². The minimum absolute atomic E-state index is 0.686. The highest BCUT2D eigenvalue weighted by Crippen LogP contribution is 2.24. The molecule has 0 spiro atoms. The van der Waals surface area contributed by atoms with E-state index in [1.807, 2.05) is 12.1 Å². The Balaban J connectivity index is 1.61. The molecule has 0 radical (unpaired) electrons. The van der Waals surface area contributed by atoms with Crippen molar-refractivity contribution in [1.29, 1.82) is 0 Å². The SMILES string of the molecule is COc1ccc(CCNCCNC2CC2)cc1Cl. The van der Waals surface area contributed by atoms with E-state index in [2.05, 4.69) is 16.7 Å². The Morgan fingerprint density at radius 2 is 2.11 bits per heavy atom. The van der Waals surface area contributed by atoms with Crippen LogP contribution in [0.5, 0.6) is 5.75 Å². The van der Waals surface area contributed by atoms with E-state index in [4.69, 9.17) is 16.3 Å². The zero-order valence-electron chi connectivity index (χ0n) is 10.8. The van der Waals surface area contributed by atoms with E-state index < -0.39 is 0 Å².